The molecule has 1 aromatic rings. The lowest BCUT2D eigenvalue weighted by Crippen LogP contribution is -2.48. The summed E-state index contributed by atoms with van der Waals surface area (Å²) in [6.45, 7) is 7.16. The van der Waals surface area contributed by atoms with E-state index in [2.05, 4.69) is 5.32 Å². The van der Waals surface area contributed by atoms with E-state index in [0.717, 1.165) is 0 Å². The average molecular weight is 315 g/mol. The Bertz CT molecular complexity index is 498. The van der Waals surface area contributed by atoms with Gasteiger partial charge in [0.25, 0.3) is 5.91 Å². The minimum atomic E-state index is -0.653. The number of hydrogen-bond donors (Lipinski definition) is 2. The Balaban J connectivity index is 0.00000400. The van der Waals surface area contributed by atoms with Gasteiger partial charge in [-0.05, 0) is 39.8 Å². The highest BCUT2D eigenvalue weighted by Gasteiger charge is 2.18. The maximum Gasteiger partial charge on any atom is 0.260 e. The van der Waals surface area contributed by atoms with Crippen molar-refractivity contribution in [3.8, 4) is 5.75 Å². The number of halogens is 1. The van der Waals surface area contributed by atoms with Gasteiger partial charge in [-0.3, -0.25) is 9.59 Å². The number of Topliss-reactive ketones (excluding diaryl/α,β-unsaturated/α-hetero) is 1. The Labute approximate surface area is 131 Å². The molecule has 5 nitrogen and oxygen atoms in total. The Hall–Kier alpha value is -1.59. The second-order valence-corrected chi connectivity index (χ2v) is 5.55. The van der Waals surface area contributed by atoms with E-state index < -0.39 is 11.6 Å². The third-order valence-corrected chi connectivity index (χ3v) is 2.64. The van der Waals surface area contributed by atoms with Gasteiger partial charge < -0.3 is 15.8 Å². The number of benzene rings is 1. The van der Waals surface area contributed by atoms with Gasteiger partial charge in [-0.25, -0.2) is 0 Å². The van der Waals surface area contributed by atoms with Gasteiger partial charge in [0.05, 0.1) is 0 Å². The van der Waals surface area contributed by atoms with Gasteiger partial charge in [0.2, 0.25) is 0 Å². The van der Waals surface area contributed by atoms with E-state index in [1.807, 2.05) is 13.8 Å². The first-order chi connectivity index (χ1) is 9.19. The minimum Gasteiger partial charge on any atom is -0.481 e. The van der Waals surface area contributed by atoms with Crippen LogP contribution < -0.4 is 15.8 Å². The average Bonchev–Trinajstić information content (AvgIpc) is 2.35. The van der Waals surface area contributed by atoms with Crippen molar-refractivity contribution < 1.29 is 14.3 Å². The van der Waals surface area contributed by atoms with E-state index in [-0.39, 0.29) is 24.1 Å². The topological polar surface area (TPSA) is 81.4 Å². The van der Waals surface area contributed by atoms with E-state index in [4.69, 9.17) is 10.5 Å². The molecule has 0 aliphatic heterocycles. The molecule has 0 aliphatic carbocycles. The molecule has 1 atom stereocenters. The van der Waals surface area contributed by atoms with Gasteiger partial charge in [0.15, 0.2) is 11.9 Å². The van der Waals surface area contributed by atoms with Crippen LogP contribution in [0.25, 0.3) is 0 Å². The van der Waals surface area contributed by atoms with Gasteiger partial charge >= 0.3 is 0 Å². The van der Waals surface area contributed by atoms with Crippen LogP contribution in [0.3, 0.4) is 0 Å². The molecule has 0 spiro atoms. The summed E-state index contributed by atoms with van der Waals surface area (Å²) in [5.74, 6) is 0.210. The van der Waals surface area contributed by atoms with Crippen LogP contribution in [0, 0.1) is 0 Å². The third-order valence-electron chi connectivity index (χ3n) is 2.64. The molecule has 1 unspecified atom stereocenters. The van der Waals surface area contributed by atoms with Crippen LogP contribution in [0.1, 0.15) is 38.1 Å². The Morgan fingerprint density at radius 3 is 2.52 bits per heavy atom. The molecule has 0 bridgehead atoms. The van der Waals surface area contributed by atoms with E-state index in [0.29, 0.717) is 17.9 Å². The van der Waals surface area contributed by atoms with Crippen LogP contribution in [-0.2, 0) is 4.79 Å². The normalized spacial score (nSPS) is 12.0. The molecule has 0 aromatic heterocycles. The van der Waals surface area contributed by atoms with Gasteiger partial charge in [0.1, 0.15) is 5.75 Å². The minimum absolute atomic E-state index is 0. The van der Waals surface area contributed by atoms with Crippen molar-refractivity contribution in [1.29, 1.82) is 0 Å². The molecular weight excluding hydrogens is 292 g/mol. The summed E-state index contributed by atoms with van der Waals surface area (Å²) in [4.78, 5) is 23.1. The summed E-state index contributed by atoms with van der Waals surface area (Å²) in [7, 11) is 0. The van der Waals surface area contributed by atoms with E-state index in [9.17, 15) is 9.59 Å². The lowest BCUT2D eigenvalue weighted by molar-refractivity contribution is -0.127. The van der Waals surface area contributed by atoms with Crippen LogP contribution in [0.2, 0.25) is 0 Å². The van der Waals surface area contributed by atoms with Crippen LogP contribution in [-0.4, -0.2) is 29.9 Å². The lowest BCUT2D eigenvalue weighted by atomic mass is 10.1. The number of carbonyl (C=O) groups is 2. The molecule has 6 heteroatoms. The largest absolute Gasteiger partial charge is 0.481 e. The molecule has 0 saturated heterocycles. The number of rotatable bonds is 6. The highest BCUT2D eigenvalue weighted by molar-refractivity contribution is 5.94. The molecule has 0 saturated carbocycles. The maximum atomic E-state index is 11.9. The fraction of sp³-hybridized carbons (Fsp3) is 0.467. The second kappa shape index (κ2) is 8.00. The van der Waals surface area contributed by atoms with Gasteiger partial charge in [-0.15, -0.1) is 12.4 Å². The molecule has 0 aliphatic rings. The number of nitrogens with one attached hydrogen (secondary N) is 1. The van der Waals surface area contributed by atoms with Crippen LogP contribution >= 0.6 is 12.4 Å². The summed E-state index contributed by atoms with van der Waals surface area (Å²) in [5, 5.41) is 2.72. The van der Waals surface area contributed by atoms with Gasteiger partial charge in [-0.1, -0.05) is 12.1 Å². The fourth-order valence-corrected chi connectivity index (χ4v) is 1.50. The van der Waals surface area contributed by atoms with Crippen LogP contribution in [0.15, 0.2) is 24.3 Å². The summed E-state index contributed by atoms with van der Waals surface area (Å²) in [6, 6.07) is 6.76. The summed E-state index contributed by atoms with van der Waals surface area (Å²) in [5.41, 5.74) is 5.88. The molecule has 0 radical (unpaired) electrons. The summed E-state index contributed by atoms with van der Waals surface area (Å²) >= 11 is 0. The third kappa shape index (κ3) is 7.11. The van der Waals surface area contributed by atoms with Crippen molar-refractivity contribution in [1.82, 2.24) is 5.32 Å². The molecule has 1 aromatic carbocycles. The molecule has 0 heterocycles. The van der Waals surface area contributed by atoms with Crippen molar-refractivity contribution in [2.45, 2.75) is 39.3 Å². The quantitative estimate of drug-likeness (QED) is 0.786. The van der Waals surface area contributed by atoms with Gasteiger partial charge in [0, 0.05) is 17.6 Å². The molecule has 3 N–H and O–H groups in total. The van der Waals surface area contributed by atoms with E-state index >= 15 is 0 Å². The summed E-state index contributed by atoms with van der Waals surface area (Å²) < 4.78 is 5.53. The zero-order valence-corrected chi connectivity index (χ0v) is 13.6. The smallest absolute Gasteiger partial charge is 0.260 e. The van der Waals surface area contributed by atoms with Crippen molar-refractivity contribution in [3.63, 3.8) is 0 Å². The second-order valence-electron chi connectivity index (χ2n) is 5.55. The highest BCUT2D eigenvalue weighted by atomic mass is 35.5. The Morgan fingerprint density at radius 1 is 1.38 bits per heavy atom. The van der Waals surface area contributed by atoms with E-state index in [1.165, 1.54) is 6.92 Å². The molecule has 21 heavy (non-hydrogen) atoms. The van der Waals surface area contributed by atoms with E-state index in [1.54, 1.807) is 31.2 Å². The number of ether oxygens (including phenoxy) is 1. The summed E-state index contributed by atoms with van der Waals surface area (Å²) in [6.07, 6.45) is -0.653. The molecule has 1 amide bonds. The SMILES string of the molecule is CC(=O)c1cccc(OC(C)C(=O)NCC(C)(C)N)c1.Cl. The van der Waals surface area contributed by atoms with Crippen molar-refractivity contribution in [2.75, 3.05) is 6.54 Å². The monoisotopic (exact) mass is 314 g/mol. The van der Waals surface area contributed by atoms with Crippen molar-refractivity contribution in [2.24, 2.45) is 5.73 Å². The number of nitrogens with two attached hydrogens (primary N) is 1. The first-order valence-electron chi connectivity index (χ1n) is 6.53. The first-order valence-corrected chi connectivity index (χ1v) is 6.53. The standard InChI is InChI=1S/C15H22N2O3.ClH/c1-10(18)12-6-5-7-13(8-12)20-11(2)14(19)17-9-15(3,4)16;/h5-8,11H,9,16H2,1-4H3,(H,17,19);1H. The first kappa shape index (κ1) is 19.4. The molecular formula is C15H23ClN2O3. The zero-order chi connectivity index (χ0) is 15.3. The number of amides is 1. The Morgan fingerprint density at radius 2 is 2.00 bits per heavy atom. The highest BCUT2D eigenvalue weighted by Crippen LogP contribution is 2.15. The van der Waals surface area contributed by atoms with Crippen molar-refractivity contribution >= 4 is 24.1 Å². The molecule has 1 rings (SSSR count). The number of carbonyl (C=O) groups excluding carboxylic acids is 2. The van der Waals surface area contributed by atoms with Crippen LogP contribution in [0.5, 0.6) is 5.75 Å². The van der Waals surface area contributed by atoms with Crippen molar-refractivity contribution in [3.05, 3.63) is 29.8 Å². The maximum absolute atomic E-state index is 11.9. The predicted octanol–water partition coefficient (Wildman–Crippen LogP) is 1.93. The fourth-order valence-electron chi connectivity index (χ4n) is 1.50. The van der Waals surface area contributed by atoms with Gasteiger partial charge in [-0.2, -0.15) is 0 Å². The predicted molar refractivity (Wildman–Crippen MR) is 85.1 cm³/mol. The molecule has 0 fully saturated rings. The van der Waals surface area contributed by atoms with Crippen LogP contribution in [0.4, 0.5) is 0 Å². The Kier molecular flexibility index (Phi) is 7.39. The zero-order valence-electron chi connectivity index (χ0n) is 12.8. The number of ketones is 1. The number of hydrogen-bond acceptors (Lipinski definition) is 4. The molecule has 118 valence electrons. The lowest BCUT2D eigenvalue weighted by Gasteiger charge is -2.21.